The molecule has 2 aromatic rings. The third kappa shape index (κ3) is 3.15. The SMILES string of the molecule is Cc1ccc(F)c(C(Cc2cccc(F)c2Cl)NN)c1. The van der Waals surface area contributed by atoms with Crippen LogP contribution in [-0.4, -0.2) is 0 Å². The Bertz CT molecular complexity index is 617. The normalized spacial score (nSPS) is 12.4. The van der Waals surface area contributed by atoms with Crippen LogP contribution in [0.15, 0.2) is 36.4 Å². The van der Waals surface area contributed by atoms with E-state index in [0.717, 1.165) is 5.56 Å². The van der Waals surface area contributed by atoms with E-state index in [1.807, 2.05) is 6.92 Å². The van der Waals surface area contributed by atoms with Crippen molar-refractivity contribution >= 4 is 11.6 Å². The zero-order chi connectivity index (χ0) is 14.7. The van der Waals surface area contributed by atoms with Crippen LogP contribution >= 0.6 is 11.6 Å². The standard InChI is InChI=1S/C15H15ClF2N2/c1-9-5-6-12(17)11(7-9)14(20-19)8-10-3-2-4-13(18)15(10)16/h2-7,14,20H,8,19H2,1H3. The summed E-state index contributed by atoms with van der Waals surface area (Å²) in [6.45, 7) is 1.87. The number of hydrazine groups is 1. The highest BCUT2D eigenvalue weighted by atomic mass is 35.5. The lowest BCUT2D eigenvalue weighted by molar-refractivity contribution is 0.509. The van der Waals surface area contributed by atoms with Gasteiger partial charge < -0.3 is 0 Å². The predicted molar refractivity (Wildman–Crippen MR) is 76.3 cm³/mol. The van der Waals surface area contributed by atoms with Crippen LogP contribution < -0.4 is 11.3 Å². The van der Waals surface area contributed by atoms with E-state index in [-0.39, 0.29) is 10.8 Å². The summed E-state index contributed by atoms with van der Waals surface area (Å²) in [4.78, 5) is 0. The molecule has 0 saturated heterocycles. The van der Waals surface area contributed by atoms with Gasteiger partial charge in [0, 0.05) is 5.56 Å². The lowest BCUT2D eigenvalue weighted by Crippen LogP contribution is -2.30. The second-order valence-electron chi connectivity index (χ2n) is 4.66. The minimum atomic E-state index is -0.496. The molecule has 0 fully saturated rings. The predicted octanol–water partition coefficient (Wildman–Crippen LogP) is 3.67. The molecule has 5 heteroatoms. The van der Waals surface area contributed by atoms with Crippen LogP contribution in [0.25, 0.3) is 0 Å². The number of hydrogen-bond acceptors (Lipinski definition) is 2. The lowest BCUT2D eigenvalue weighted by atomic mass is 9.97. The van der Waals surface area contributed by atoms with Crippen LogP contribution in [0.3, 0.4) is 0 Å². The van der Waals surface area contributed by atoms with Gasteiger partial charge in [-0.25, -0.2) is 8.78 Å². The van der Waals surface area contributed by atoms with Crippen LogP contribution in [0.4, 0.5) is 8.78 Å². The Kier molecular flexibility index (Phi) is 4.70. The monoisotopic (exact) mass is 296 g/mol. The van der Waals surface area contributed by atoms with E-state index < -0.39 is 11.9 Å². The maximum atomic E-state index is 13.9. The molecule has 2 nitrogen and oxygen atoms in total. The van der Waals surface area contributed by atoms with Crippen molar-refractivity contribution < 1.29 is 8.78 Å². The molecule has 1 unspecified atom stereocenters. The van der Waals surface area contributed by atoms with E-state index in [1.165, 1.54) is 12.1 Å². The Morgan fingerprint density at radius 1 is 1.20 bits per heavy atom. The largest absolute Gasteiger partial charge is 0.271 e. The zero-order valence-electron chi connectivity index (χ0n) is 11.0. The van der Waals surface area contributed by atoms with Gasteiger partial charge in [-0.3, -0.25) is 11.3 Å². The molecule has 0 heterocycles. The smallest absolute Gasteiger partial charge is 0.142 e. The van der Waals surface area contributed by atoms with E-state index in [0.29, 0.717) is 17.5 Å². The molecule has 106 valence electrons. The molecule has 2 rings (SSSR count). The minimum absolute atomic E-state index is 0.0424. The maximum absolute atomic E-state index is 13.9. The molecule has 2 aromatic carbocycles. The quantitative estimate of drug-likeness (QED) is 0.667. The first kappa shape index (κ1) is 14.9. The summed E-state index contributed by atoms with van der Waals surface area (Å²) >= 11 is 5.92. The van der Waals surface area contributed by atoms with E-state index in [9.17, 15) is 8.78 Å². The van der Waals surface area contributed by atoms with Gasteiger partial charge >= 0.3 is 0 Å². The maximum Gasteiger partial charge on any atom is 0.142 e. The first-order valence-corrected chi connectivity index (χ1v) is 6.55. The van der Waals surface area contributed by atoms with Crippen molar-refractivity contribution in [3.05, 3.63) is 69.7 Å². The van der Waals surface area contributed by atoms with Crippen molar-refractivity contribution in [2.45, 2.75) is 19.4 Å². The molecule has 3 N–H and O–H groups in total. The second kappa shape index (κ2) is 6.31. The van der Waals surface area contributed by atoms with Crippen LogP contribution in [0.5, 0.6) is 0 Å². The number of aryl methyl sites for hydroxylation is 1. The van der Waals surface area contributed by atoms with E-state index in [1.54, 1.807) is 24.3 Å². The van der Waals surface area contributed by atoms with Crippen molar-refractivity contribution in [2.24, 2.45) is 5.84 Å². The molecule has 0 aromatic heterocycles. The lowest BCUT2D eigenvalue weighted by Gasteiger charge is -2.18. The molecule has 20 heavy (non-hydrogen) atoms. The molecule has 0 saturated carbocycles. The number of nitrogens with two attached hydrogens (primary N) is 1. The van der Waals surface area contributed by atoms with Gasteiger partial charge in [0.05, 0.1) is 11.1 Å². The average Bonchev–Trinajstić information content (AvgIpc) is 2.43. The van der Waals surface area contributed by atoms with E-state index in [2.05, 4.69) is 5.43 Å². The van der Waals surface area contributed by atoms with Crippen molar-refractivity contribution in [1.82, 2.24) is 5.43 Å². The van der Waals surface area contributed by atoms with Crippen LogP contribution in [0, 0.1) is 18.6 Å². The fourth-order valence-electron chi connectivity index (χ4n) is 2.11. The summed E-state index contributed by atoms with van der Waals surface area (Å²) in [5.41, 5.74) is 4.50. The van der Waals surface area contributed by atoms with Gasteiger partial charge in [-0.1, -0.05) is 41.4 Å². The molecule has 0 amide bonds. The first-order valence-electron chi connectivity index (χ1n) is 6.18. The minimum Gasteiger partial charge on any atom is -0.271 e. The van der Waals surface area contributed by atoms with Crippen LogP contribution in [-0.2, 0) is 6.42 Å². The van der Waals surface area contributed by atoms with Crippen molar-refractivity contribution in [3.63, 3.8) is 0 Å². The fourth-order valence-corrected chi connectivity index (χ4v) is 2.32. The van der Waals surface area contributed by atoms with Gasteiger partial charge in [0.2, 0.25) is 0 Å². The number of benzene rings is 2. The highest BCUT2D eigenvalue weighted by molar-refractivity contribution is 6.31. The summed E-state index contributed by atoms with van der Waals surface area (Å²) in [5, 5.41) is 0.0424. The summed E-state index contributed by atoms with van der Waals surface area (Å²) in [5.74, 6) is 4.66. The van der Waals surface area contributed by atoms with E-state index >= 15 is 0 Å². The van der Waals surface area contributed by atoms with Crippen LogP contribution in [0.1, 0.15) is 22.7 Å². The molecule has 0 spiro atoms. The Labute approximate surface area is 121 Å². The first-order chi connectivity index (χ1) is 9.52. The third-order valence-electron chi connectivity index (χ3n) is 3.18. The van der Waals surface area contributed by atoms with Gasteiger partial charge in [0.25, 0.3) is 0 Å². The zero-order valence-corrected chi connectivity index (χ0v) is 11.7. The summed E-state index contributed by atoms with van der Waals surface area (Å²) in [6.07, 6.45) is 0.299. The number of rotatable bonds is 4. The molecule has 0 aliphatic rings. The highest BCUT2D eigenvalue weighted by Gasteiger charge is 2.17. The second-order valence-corrected chi connectivity index (χ2v) is 5.04. The molecular weight excluding hydrogens is 282 g/mol. The van der Waals surface area contributed by atoms with Crippen molar-refractivity contribution in [1.29, 1.82) is 0 Å². The Balaban J connectivity index is 2.34. The summed E-state index contributed by atoms with van der Waals surface area (Å²) < 4.78 is 27.3. The number of halogens is 3. The molecule has 0 aliphatic carbocycles. The third-order valence-corrected chi connectivity index (χ3v) is 3.61. The molecule has 1 atom stereocenters. The van der Waals surface area contributed by atoms with Gasteiger partial charge in [-0.2, -0.15) is 0 Å². The molecule has 0 radical (unpaired) electrons. The molecule has 0 bridgehead atoms. The summed E-state index contributed by atoms with van der Waals surface area (Å²) in [6, 6.07) is 8.86. The van der Waals surface area contributed by atoms with Crippen LogP contribution in [0.2, 0.25) is 5.02 Å². The van der Waals surface area contributed by atoms with Gasteiger partial charge in [0.1, 0.15) is 11.6 Å². The number of nitrogens with one attached hydrogen (secondary N) is 1. The summed E-state index contributed by atoms with van der Waals surface area (Å²) in [7, 11) is 0. The average molecular weight is 297 g/mol. The Morgan fingerprint density at radius 3 is 2.65 bits per heavy atom. The van der Waals surface area contributed by atoms with Crippen molar-refractivity contribution in [3.8, 4) is 0 Å². The van der Waals surface area contributed by atoms with E-state index in [4.69, 9.17) is 17.4 Å². The topological polar surface area (TPSA) is 38.0 Å². The fraction of sp³-hybridized carbons (Fsp3) is 0.200. The van der Waals surface area contributed by atoms with Gasteiger partial charge in [-0.05, 0) is 31.0 Å². The van der Waals surface area contributed by atoms with Crippen molar-refractivity contribution in [2.75, 3.05) is 0 Å². The Morgan fingerprint density at radius 2 is 1.95 bits per heavy atom. The molecular formula is C15H15ClF2N2. The molecule has 0 aliphatic heterocycles. The Hall–Kier alpha value is -1.49. The highest BCUT2D eigenvalue weighted by Crippen LogP contribution is 2.27. The number of hydrogen-bond donors (Lipinski definition) is 2. The van der Waals surface area contributed by atoms with Gasteiger partial charge in [-0.15, -0.1) is 0 Å². The van der Waals surface area contributed by atoms with Gasteiger partial charge in [0.15, 0.2) is 0 Å².